The van der Waals surface area contributed by atoms with E-state index in [1.807, 2.05) is 24.3 Å². The van der Waals surface area contributed by atoms with E-state index in [1.165, 1.54) is 0 Å². The molecular weight excluding hydrogens is 176 g/mol. The monoisotopic (exact) mass is 186 g/mol. The van der Waals surface area contributed by atoms with Crippen LogP contribution >= 0.6 is 0 Å². The van der Waals surface area contributed by atoms with Crippen molar-refractivity contribution in [2.24, 2.45) is 5.84 Å². The quantitative estimate of drug-likeness (QED) is 0.550. The van der Waals surface area contributed by atoms with Crippen LogP contribution in [0.15, 0.2) is 42.7 Å². The first kappa shape index (κ1) is 8.65. The molecule has 2 heterocycles. The highest BCUT2D eigenvalue weighted by Gasteiger charge is 1.99. The van der Waals surface area contributed by atoms with Gasteiger partial charge in [0.15, 0.2) is 0 Å². The van der Waals surface area contributed by atoms with Gasteiger partial charge >= 0.3 is 0 Å². The van der Waals surface area contributed by atoms with E-state index >= 15 is 0 Å². The van der Waals surface area contributed by atoms with Gasteiger partial charge in [0, 0.05) is 12.4 Å². The van der Waals surface area contributed by atoms with Crippen LogP contribution in [0.2, 0.25) is 0 Å². The van der Waals surface area contributed by atoms with E-state index in [2.05, 4.69) is 15.4 Å². The molecule has 0 saturated carbocycles. The number of aromatic nitrogens is 2. The van der Waals surface area contributed by atoms with Crippen molar-refractivity contribution in [2.45, 2.75) is 0 Å². The van der Waals surface area contributed by atoms with Crippen LogP contribution in [0.1, 0.15) is 0 Å². The lowest BCUT2D eigenvalue weighted by Gasteiger charge is -2.02. The zero-order valence-corrected chi connectivity index (χ0v) is 7.51. The summed E-state index contributed by atoms with van der Waals surface area (Å²) in [5.74, 6) is 5.30. The second kappa shape index (κ2) is 3.85. The average molecular weight is 186 g/mol. The Kier molecular flexibility index (Phi) is 2.38. The lowest BCUT2D eigenvalue weighted by molar-refractivity contribution is 1.23. The Bertz CT molecular complexity index is 413. The summed E-state index contributed by atoms with van der Waals surface area (Å²) in [6.45, 7) is 0. The van der Waals surface area contributed by atoms with E-state index in [0.29, 0.717) is 0 Å². The molecule has 0 atom stereocenters. The van der Waals surface area contributed by atoms with Gasteiger partial charge in [0.05, 0.1) is 17.1 Å². The molecule has 0 aromatic carbocycles. The first-order chi connectivity index (χ1) is 6.90. The predicted octanol–water partition coefficient (Wildman–Crippen LogP) is 1.43. The van der Waals surface area contributed by atoms with E-state index in [9.17, 15) is 0 Å². The molecule has 2 aromatic heterocycles. The van der Waals surface area contributed by atoms with Crippen LogP contribution in [0, 0.1) is 0 Å². The highest BCUT2D eigenvalue weighted by atomic mass is 15.2. The van der Waals surface area contributed by atoms with Gasteiger partial charge in [-0.15, -0.1) is 0 Å². The van der Waals surface area contributed by atoms with E-state index < -0.39 is 0 Å². The van der Waals surface area contributed by atoms with Crippen molar-refractivity contribution in [1.29, 1.82) is 0 Å². The summed E-state index contributed by atoms with van der Waals surface area (Å²) in [6, 6.07) is 9.35. The molecule has 2 rings (SSSR count). The minimum Gasteiger partial charge on any atom is -0.324 e. The third-order valence-electron chi connectivity index (χ3n) is 1.85. The molecule has 2 aromatic rings. The largest absolute Gasteiger partial charge is 0.324 e. The maximum absolute atomic E-state index is 5.30. The topological polar surface area (TPSA) is 63.8 Å². The first-order valence-corrected chi connectivity index (χ1v) is 4.24. The van der Waals surface area contributed by atoms with Gasteiger partial charge in [-0.3, -0.25) is 15.8 Å². The third kappa shape index (κ3) is 1.70. The van der Waals surface area contributed by atoms with Gasteiger partial charge in [-0.1, -0.05) is 6.07 Å². The molecule has 0 radical (unpaired) electrons. The van der Waals surface area contributed by atoms with Crippen molar-refractivity contribution in [3.05, 3.63) is 42.7 Å². The van der Waals surface area contributed by atoms with Gasteiger partial charge in [0.2, 0.25) is 0 Å². The number of pyridine rings is 2. The van der Waals surface area contributed by atoms with Gasteiger partial charge in [0.1, 0.15) is 0 Å². The average Bonchev–Trinajstić information content (AvgIpc) is 2.30. The zero-order chi connectivity index (χ0) is 9.80. The summed E-state index contributed by atoms with van der Waals surface area (Å²) in [5.41, 5.74) is 5.03. The fourth-order valence-corrected chi connectivity index (χ4v) is 1.17. The SMILES string of the molecule is NNc1ccnc(-c2ccccn2)c1. The van der Waals surface area contributed by atoms with Crippen LogP contribution in [0.4, 0.5) is 5.69 Å². The fraction of sp³-hybridized carbons (Fsp3) is 0. The van der Waals surface area contributed by atoms with E-state index in [1.54, 1.807) is 18.5 Å². The zero-order valence-electron chi connectivity index (χ0n) is 7.51. The maximum atomic E-state index is 5.30. The molecule has 0 aliphatic heterocycles. The van der Waals surface area contributed by atoms with Gasteiger partial charge in [-0.25, -0.2) is 0 Å². The molecule has 0 saturated heterocycles. The van der Waals surface area contributed by atoms with Crippen molar-refractivity contribution in [3.63, 3.8) is 0 Å². The number of hydrogen-bond donors (Lipinski definition) is 2. The highest BCUT2D eigenvalue weighted by Crippen LogP contribution is 2.16. The summed E-state index contributed by atoms with van der Waals surface area (Å²) in [4.78, 5) is 8.39. The highest BCUT2D eigenvalue weighted by molar-refractivity contribution is 5.59. The molecule has 0 amide bonds. The number of anilines is 1. The smallest absolute Gasteiger partial charge is 0.0907 e. The Morgan fingerprint density at radius 3 is 2.57 bits per heavy atom. The number of rotatable bonds is 2. The summed E-state index contributed by atoms with van der Waals surface area (Å²) in [5, 5.41) is 0. The second-order valence-corrected chi connectivity index (χ2v) is 2.79. The molecule has 0 spiro atoms. The van der Waals surface area contributed by atoms with Gasteiger partial charge in [0.25, 0.3) is 0 Å². The fourth-order valence-electron chi connectivity index (χ4n) is 1.17. The standard InChI is InChI=1S/C10H10N4/c11-14-8-4-6-13-10(7-8)9-3-1-2-5-12-9/h1-7H,11H2,(H,13,14). The summed E-state index contributed by atoms with van der Waals surface area (Å²) in [7, 11) is 0. The van der Waals surface area contributed by atoms with Gasteiger partial charge in [-0.05, 0) is 24.3 Å². The van der Waals surface area contributed by atoms with Crippen LogP contribution < -0.4 is 11.3 Å². The Balaban J connectivity index is 2.42. The molecule has 0 unspecified atom stereocenters. The molecule has 0 aliphatic carbocycles. The van der Waals surface area contributed by atoms with Crippen molar-refractivity contribution >= 4 is 5.69 Å². The second-order valence-electron chi connectivity index (χ2n) is 2.79. The van der Waals surface area contributed by atoms with Crippen LogP contribution in [0.3, 0.4) is 0 Å². The number of hydrogen-bond acceptors (Lipinski definition) is 4. The Morgan fingerprint density at radius 1 is 1.00 bits per heavy atom. The van der Waals surface area contributed by atoms with Crippen LogP contribution in [0.25, 0.3) is 11.4 Å². The van der Waals surface area contributed by atoms with E-state index in [0.717, 1.165) is 17.1 Å². The molecule has 4 heteroatoms. The Hall–Kier alpha value is -1.94. The van der Waals surface area contributed by atoms with Crippen molar-refractivity contribution < 1.29 is 0 Å². The predicted molar refractivity (Wildman–Crippen MR) is 55.3 cm³/mol. The van der Waals surface area contributed by atoms with Crippen LogP contribution in [-0.2, 0) is 0 Å². The normalized spacial score (nSPS) is 9.79. The molecule has 0 aliphatic rings. The summed E-state index contributed by atoms with van der Waals surface area (Å²) in [6.07, 6.45) is 3.43. The number of nitrogens with two attached hydrogens (primary N) is 1. The molecular formula is C10H10N4. The Morgan fingerprint density at radius 2 is 1.86 bits per heavy atom. The molecule has 14 heavy (non-hydrogen) atoms. The van der Waals surface area contributed by atoms with Gasteiger partial charge < -0.3 is 5.43 Å². The van der Waals surface area contributed by atoms with E-state index in [4.69, 9.17) is 5.84 Å². The molecule has 70 valence electrons. The molecule has 0 bridgehead atoms. The van der Waals surface area contributed by atoms with Gasteiger partial charge in [-0.2, -0.15) is 0 Å². The number of hydrazine groups is 1. The first-order valence-electron chi connectivity index (χ1n) is 4.24. The lowest BCUT2D eigenvalue weighted by Crippen LogP contribution is -2.06. The van der Waals surface area contributed by atoms with Crippen molar-refractivity contribution in [3.8, 4) is 11.4 Å². The summed E-state index contributed by atoms with van der Waals surface area (Å²) < 4.78 is 0. The molecule has 0 fully saturated rings. The maximum Gasteiger partial charge on any atom is 0.0907 e. The lowest BCUT2D eigenvalue weighted by atomic mass is 10.2. The van der Waals surface area contributed by atoms with Crippen molar-refractivity contribution in [2.75, 3.05) is 5.43 Å². The third-order valence-corrected chi connectivity index (χ3v) is 1.85. The minimum absolute atomic E-state index is 0.807. The number of nitrogens with one attached hydrogen (secondary N) is 1. The van der Waals surface area contributed by atoms with E-state index in [-0.39, 0.29) is 0 Å². The number of nitrogen functional groups attached to an aromatic ring is 1. The summed E-state index contributed by atoms with van der Waals surface area (Å²) >= 11 is 0. The Labute approximate surface area is 81.8 Å². The number of nitrogens with zero attached hydrogens (tertiary/aromatic N) is 2. The molecule has 3 N–H and O–H groups in total. The minimum atomic E-state index is 0.807. The van der Waals surface area contributed by atoms with Crippen molar-refractivity contribution in [1.82, 2.24) is 9.97 Å². The molecule has 4 nitrogen and oxygen atoms in total. The van der Waals surface area contributed by atoms with Crippen LogP contribution in [-0.4, -0.2) is 9.97 Å². The van der Waals surface area contributed by atoms with Crippen LogP contribution in [0.5, 0.6) is 0 Å².